The van der Waals surface area contributed by atoms with Crippen molar-refractivity contribution in [2.24, 2.45) is 5.92 Å². The fourth-order valence-corrected chi connectivity index (χ4v) is 4.69. The molecule has 2 aliphatic heterocycles. The molecule has 1 N–H and O–H groups in total. The molecule has 2 heterocycles. The molecule has 0 radical (unpaired) electrons. The van der Waals surface area contributed by atoms with Crippen LogP contribution in [0.25, 0.3) is 0 Å². The van der Waals surface area contributed by atoms with Crippen molar-refractivity contribution in [1.82, 2.24) is 0 Å². The SMILES string of the molecule is CC(C)Cc1ccc(C(=O)CCC(=O)[NH+]([O-])C[C@H]2CN(c3ccc(N4CCOCC4)c(F)c3)C(=O)O2)cc1. The number of morpholine rings is 1. The van der Waals surface area contributed by atoms with E-state index >= 15 is 0 Å². The Morgan fingerprint density at radius 1 is 1.11 bits per heavy atom. The van der Waals surface area contributed by atoms with Crippen molar-refractivity contribution in [3.05, 3.63) is 64.6 Å². The van der Waals surface area contributed by atoms with Gasteiger partial charge in [-0.2, -0.15) is 0 Å². The Balaban J connectivity index is 1.26. The Hall–Kier alpha value is -3.34. The number of anilines is 2. The molecular formula is C28H34FN3O6. The Bertz CT molecular complexity index is 1150. The average molecular weight is 528 g/mol. The topological polar surface area (TPSA) is 104 Å². The highest BCUT2D eigenvalue weighted by Crippen LogP contribution is 2.28. The summed E-state index contributed by atoms with van der Waals surface area (Å²) in [6, 6.07) is 11.8. The fraction of sp³-hybridized carbons (Fsp3) is 0.464. The minimum absolute atomic E-state index is 0.0237. The smallest absolute Gasteiger partial charge is 0.414 e. The monoisotopic (exact) mass is 527 g/mol. The Morgan fingerprint density at radius 3 is 2.47 bits per heavy atom. The molecule has 2 saturated heterocycles. The molecule has 2 amide bonds. The lowest BCUT2D eigenvalue weighted by Gasteiger charge is -2.29. The number of benzene rings is 2. The van der Waals surface area contributed by atoms with Gasteiger partial charge in [0.25, 0.3) is 0 Å². The predicted molar refractivity (Wildman–Crippen MR) is 140 cm³/mol. The zero-order chi connectivity index (χ0) is 27.2. The van der Waals surface area contributed by atoms with Gasteiger partial charge < -0.3 is 24.6 Å². The van der Waals surface area contributed by atoms with Gasteiger partial charge in [-0.05, 0) is 36.1 Å². The van der Waals surface area contributed by atoms with Crippen LogP contribution in [0.2, 0.25) is 0 Å². The highest BCUT2D eigenvalue weighted by molar-refractivity contribution is 5.97. The summed E-state index contributed by atoms with van der Waals surface area (Å²) in [5, 5.41) is 11.8. The second-order valence-corrected chi connectivity index (χ2v) is 10.1. The summed E-state index contributed by atoms with van der Waals surface area (Å²) in [6.45, 7) is 6.18. The molecule has 2 atom stereocenters. The zero-order valence-electron chi connectivity index (χ0n) is 21.8. The van der Waals surface area contributed by atoms with Crippen molar-refractivity contribution in [2.75, 3.05) is 49.2 Å². The first kappa shape index (κ1) is 27.7. The molecule has 2 fully saturated rings. The number of hydrogen-bond donors (Lipinski definition) is 1. The number of amides is 2. The van der Waals surface area contributed by atoms with Crippen LogP contribution in [-0.4, -0.2) is 63.3 Å². The van der Waals surface area contributed by atoms with Crippen LogP contribution in [0.3, 0.4) is 0 Å². The molecular weight excluding hydrogens is 493 g/mol. The quantitative estimate of drug-likeness (QED) is 0.374. The summed E-state index contributed by atoms with van der Waals surface area (Å²) in [5.41, 5.74) is 2.39. The van der Waals surface area contributed by atoms with Crippen LogP contribution in [0.15, 0.2) is 42.5 Å². The Morgan fingerprint density at radius 2 is 1.82 bits per heavy atom. The van der Waals surface area contributed by atoms with Gasteiger partial charge in [-0.3, -0.25) is 9.69 Å². The number of Topliss-reactive ketones (excluding diaryl/α,β-unsaturated/α-hetero) is 1. The molecule has 4 rings (SSSR count). The molecule has 10 heteroatoms. The number of halogens is 1. The van der Waals surface area contributed by atoms with Gasteiger partial charge in [0.2, 0.25) is 0 Å². The van der Waals surface area contributed by atoms with Gasteiger partial charge in [-0.25, -0.2) is 14.0 Å². The van der Waals surface area contributed by atoms with E-state index in [4.69, 9.17) is 9.47 Å². The lowest BCUT2D eigenvalue weighted by atomic mass is 9.99. The van der Waals surface area contributed by atoms with E-state index in [2.05, 4.69) is 13.8 Å². The van der Waals surface area contributed by atoms with Crippen molar-refractivity contribution in [1.29, 1.82) is 0 Å². The van der Waals surface area contributed by atoms with Crippen molar-refractivity contribution in [3.63, 3.8) is 0 Å². The van der Waals surface area contributed by atoms with Gasteiger partial charge in [0.05, 0.1) is 37.6 Å². The van der Waals surface area contributed by atoms with Crippen LogP contribution in [-0.2, 0) is 20.7 Å². The molecule has 0 spiro atoms. The van der Waals surface area contributed by atoms with E-state index in [1.165, 1.54) is 11.0 Å². The summed E-state index contributed by atoms with van der Waals surface area (Å²) in [5.74, 6) is -0.840. The summed E-state index contributed by atoms with van der Waals surface area (Å²) in [4.78, 5) is 40.4. The number of rotatable bonds is 10. The van der Waals surface area contributed by atoms with Gasteiger partial charge in [-0.15, -0.1) is 0 Å². The molecule has 2 aromatic rings. The second kappa shape index (κ2) is 12.5. The van der Waals surface area contributed by atoms with Gasteiger partial charge in [0.1, 0.15) is 12.4 Å². The number of ketones is 1. The Kier molecular flexibility index (Phi) is 9.09. The minimum Gasteiger partial charge on any atom is -0.627 e. The number of quaternary nitrogens is 1. The third-order valence-corrected chi connectivity index (χ3v) is 6.69. The van der Waals surface area contributed by atoms with E-state index in [-0.39, 0.29) is 31.7 Å². The maximum Gasteiger partial charge on any atom is 0.414 e. The van der Waals surface area contributed by atoms with E-state index < -0.39 is 29.0 Å². The first-order valence-corrected chi connectivity index (χ1v) is 13.0. The fourth-order valence-electron chi connectivity index (χ4n) is 4.69. The summed E-state index contributed by atoms with van der Waals surface area (Å²) < 4.78 is 25.3. The molecule has 0 aromatic heterocycles. The minimum atomic E-state index is -0.829. The van der Waals surface area contributed by atoms with Crippen molar-refractivity contribution >= 4 is 29.2 Å². The molecule has 2 aromatic carbocycles. The maximum absolute atomic E-state index is 14.8. The number of carbonyl (C=O) groups is 3. The van der Waals surface area contributed by atoms with Crippen LogP contribution in [0, 0.1) is 16.9 Å². The molecule has 0 bridgehead atoms. The molecule has 2 aliphatic rings. The van der Waals surface area contributed by atoms with Gasteiger partial charge in [-0.1, -0.05) is 38.1 Å². The van der Waals surface area contributed by atoms with Crippen LogP contribution in [0.5, 0.6) is 0 Å². The van der Waals surface area contributed by atoms with Crippen LogP contribution in [0.1, 0.15) is 42.6 Å². The van der Waals surface area contributed by atoms with Gasteiger partial charge >= 0.3 is 12.0 Å². The molecule has 38 heavy (non-hydrogen) atoms. The second-order valence-electron chi connectivity index (χ2n) is 10.1. The maximum atomic E-state index is 14.8. The van der Waals surface area contributed by atoms with E-state index in [1.807, 2.05) is 17.0 Å². The van der Waals surface area contributed by atoms with E-state index in [1.54, 1.807) is 24.3 Å². The van der Waals surface area contributed by atoms with E-state index in [0.717, 1.165) is 12.0 Å². The van der Waals surface area contributed by atoms with E-state index in [0.29, 0.717) is 49.2 Å². The molecule has 204 valence electrons. The highest BCUT2D eigenvalue weighted by atomic mass is 19.1. The number of hydroxylamine groups is 2. The number of nitrogens with one attached hydrogen (secondary N) is 1. The predicted octanol–water partition coefficient (Wildman–Crippen LogP) is 2.76. The van der Waals surface area contributed by atoms with Crippen molar-refractivity contribution < 1.29 is 33.3 Å². The number of nitrogens with zero attached hydrogens (tertiary/aromatic N) is 2. The van der Waals surface area contributed by atoms with Crippen LogP contribution in [0.4, 0.5) is 20.6 Å². The molecule has 9 nitrogen and oxygen atoms in total. The molecule has 1 unspecified atom stereocenters. The van der Waals surface area contributed by atoms with Crippen LogP contribution < -0.4 is 14.9 Å². The normalized spacial score (nSPS) is 18.6. The number of cyclic esters (lactones) is 1. The largest absolute Gasteiger partial charge is 0.627 e. The summed E-state index contributed by atoms with van der Waals surface area (Å²) in [7, 11) is 0. The first-order chi connectivity index (χ1) is 18.2. The van der Waals surface area contributed by atoms with Gasteiger partial charge in [0.15, 0.2) is 11.9 Å². The zero-order valence-corrected chi connectivity index (χ0v) is 21.8. The number of hydrogen-bond acceptors (Lipinski definition) is 7. The van der Waals surface area contributed by atoms with Crippen molar-refractivity contribution in [2.45, 2.75) is 39.2 Å². The summed E-state index contributed by atoms with van der Waals surface area (Å²) >= 11 is 0. The molecule has 0 saturated carbocycles. The lowest BCUT2D eigenvalue weighted by Crippen LogP contribution is -3.11. The lowest BCUT2D eigenvalue weighted by molar-refractivity contribution is -0.769. The Labute approximate surface area is 221 Å². The average Bonchev–Trinajstić information content (AvgIpc) is 3.27. The first-order valence-electron chi connectivity index (χ1n) is 13.0. The van der Waals surface area contributed by atoms with E-state index in [9.17, 15) is 24.0 Å². The third-order valence-electron chi connectivity index (χ3n) is 6.69. The highest BCUT2D eigenvalue weighted by Gasteiger charge is 2.35. The number of ether oxygens (including phenoxy) is 2. The summed E-state index contributed by atoms with van der Waals surface area (Å²) in [6.07, 6.45) is -0.891. The molecule has 0 aliphatic carbocycles. The van der Waals surface area contributed by atoms with Gasteiger partial charge in [0, 0.05) is 25.1 Å². The standard InChI is InChI=1S/C28H34FN3O6/c1-19(2)15-20-3-5-21(6-4-20)26(33)9-10-27(34)32(36)18-23-17-31(28(35)38-23)22-7-8-25(24(29)16-22)30-11-13-37-14-12-30/h3-8,16,19,23,32H,9-15,17-18H2,1-2H3/t23-/m1/s1. The van der Waals surface area contributed by atoms with Crippen molar-refractivity contribution in [3.8, 4) is 0 Å². The third kappa shape index (κ3) is 6.94. The number of carbonyl (C=O) groups excluding carboxylic acids is 3. The van der Waals surface area contributed by atoms with Crippen LogP contribution >= 0.6 is 0 Å².